The fraction of sp³-hybridized carbons (Fsp3) is 0.529. The number of hydrogen-bond acceptors (Lipinski definition) is 6. The minimum absolute atomic E-state index is 0.0353. The monoisotopic (exact) mass is 317 g/mol. The van der Waals surface area contributed by atoms with Crippen LogP contribution in [-0.2, 0) is 16.8 Å². The molecule has 6 nitrogen and oxygen atoms in total. The number of ether oxygens (including phenoxy) is 3. The van der Waals surface area contributed by atoms with Gasteiger partial charge in [-0.25, -0.2) is 0 Å². The lowest BCUT2D eigenvalue weighted by molar-refractivity contribution is -0.236. The molecule has 0 amide bonds. The predicted molar refractivity (Wildman–Crippen MR) is 80.2 cm³/mol. The summed E-state index contributed by atoms with van der Waals surface area (Å²) in [5.41, 5.74) is 1.31. The van der Waals surface area contributed by atoms with Crippen LogP contribution in [0.25, 0.3) is 0 Å². The Morgan fingerprint density at radius 1 is 1.26 bits per heavy atom. The summed E-state index contributed by atoms with van der Waals surface area (Å²) in [6.45, 7) is 0.956. The fourth-order valence-corrected chi connectivity index (χ4v) is 4.69. The number of likely N-dealkylation sites (N-methyl/N-ethyl adjacent to an activating group) is 1. The van der Waals surface area contributed by atoms with Gasteiger partial charge in [0.15, 0.2) is 17.3 Å². The van der Waals surface area contributed by atoms with E-state index in [0.29, 0.717) is 25.3 Å². The maximum Gasteiger partial charge on any atom is 0.231 e. The van der Waals surface area contributed by atoms with E-state index in [2.05, 4.69) is 4.90 Å². The van der Waals surface area contributed by atoms with Crippen LogP contribution in [0, 0.1) is 0 Å². The third kappa shape index (κ3) is 1.57. The van der Waals surface area contributed by atoms with Gasteiger partial charge in [-0.3, -0.25) is 4.90 Å². The molecule has 3 aliphatic heterocycles. The lowest BCUT2D eigenvalue weighted by atomic mass is 9.64. The molecule has 0 saturated carbocycles. The Hall–Kier alpha value is -1.60. The molecule has 3 heterocycles. The first-order chi connectivity index (χ1) is 11.0. The molecule has 0 unspecified atom stereocenters. The minimum Gasteiger partial charge on any atom is -0.454 e. The van der Waals surface area contributed by atoms with Gasteiger partial charge in [-0.2, -0.15) is 0 Å². The standard InChI is InChI=1S/C17H19NO5/c1-18-8-17(20)16(3-2-11(19)5-15(16)18)12-6-14-13(21-9-22-14)4-10(12)7-23-17/h2-4,6,11,15,19-20H,5,7-9H2,1H3/t11-,15+,16-,17-/m1/s1. The number of likely N-dealkylation sites (tertiary alicyclic amines) is 1. The summed E-state index contributed by atoms with van der Waals surface area (Å²) in [4.78, 5) is 2.08. The van der Waals surface area contributed by atoms with Crippen molar-refractivity contribution in [3.05, 3.63) is 35.4 Å². The summed E-state index contributed by atoms with van der Waals surface area (Å²) in [6, 6.07) is 3.88. The van der Waals surface area contributed by atoms with Gasteiger partial charge in [-0.05, 0) is 36.7 Å². The van der Waals surface area contributed by atoms with Gasteiger partial charge in [0, 0.05) is 6.04 Å². The van der Waals surface area contributed by atoms with Gasteiger partial charge in [0.05, 0.1) is 24.7 Å². The van der Waals surface area contributed by atoms with Crippen molar-refractivity contribution in [2.24, 2.45) is 0 Å². The highest BCUT2D eigenvalue weighted by atomic mass is 16.7. The van der Waals surface area contributed by atoms with Crippen molar-refractivity contribution in [3.63, 3.8) is 0 Å². The van der Waals surface area contributed by atoms with Gasteiger partial charge in [-0.1, -0.05) is 12.2 Å². The quantitative estimate of drug-likeness (QED) is 0.679. The Morgan fingerprint density at radius 2 is 2.04 bits per heavy atom. The van der Waals surface area contributed by atoms with E-state index in [1.54, 1.807) is 6.08 Å². The van der Waals surface area contributed by atoms with Crippen LogP contribution in [-0.4, -0.2) is 53.4 Å². The summed E-state index contributed by atoms with van der Waals surface area (Å²) < 4.78 is 16.9. The molecule has 4 aliphatic rings. The first kappa shape index (κ1) is 13.8. The Labute approximate surface area is 133 Å². The molecular formula is C17H19NO5. The normalized spacial score (nSPS) is 40.7. The molecule has 1 saturated heterocycles. The lowest BCUT2D eigenvalue weighted by Gasteiger charge is -2.49. The Kier molecular flexibility index (Phi) is 2.56. The second kappa shape index (κ2) is 4.27. The zero-order chi connectivity index (χ0) is 15.8. The van der Waals surface area contributed by atoms with E-state index >= 15 is 0 Å². The van der Waals surface area contributed by atoms with Crippen molar-refractivity contribution in [2.45, 2.75) is 36.4 Å². The molecule has 23 heavy (non-hydrogen) atoms. The van der Waals surface area contributed by atoms with Gasteiger partial charge in [0.2, 0.25) is 6.79 Å². The number of aliphatic hydroxyl groups excluding tert-OH is 1. The van der Waals surface area contributed by atoms with Crippen LogP contribution in [0.3, 0.4) is 0 Å². The maximum atomic E-state index is 11.3. The first-order valence-corrected chi connectivity index (χ1v) is 7.90. The molecule has 0 radical (unpaired) electrons. The smallest absolute Gasteiger partial charge is 0.231 e. The summed E-state index contributed by atoms with van der Waals surface area (Å²) in [6.07, 6.45) is 3.75. The Bertz CT molecular complexity index is 719. The van der Waals surface area contributed by atoms with Gasteiger partial charge < -0.3 is 24.4 Å². The minimum atomic E-state index is -1.30. The molecule has 0 aromatic heterocycles. The fourth-order valence-electron chi connectivity index (χ4n) is 4.69. The zero-order valence-electron chi connectivity index (χ0n) is 12.9. The molecule has 1 aromatic rings. The molecule has 1 aliphatic carbocycles. The van der Waals surface area contributed by atoms with E-state index in [-0.39, 0.29) is 12.8 Å². The first-order valence-electron chi connectivity index (χ1n) is 7.90. The van der Waals surface area contributed by atoms with Crippen molar-refractivity contribution >= 4 is 0 Å². The number of β-amino-alcohol motifs (C(OH)–C–C–N with tert-alkyl or cyclic N) is 1. The molecule has 4 atom stereocenters. The second-order valence-corrected chi connectivity index (χ2v) is 6.90. The van der Waals surface area contributed by atoms with Crippen LogP contribution >= 0.6 is 0 Å². The topological polar surface area (TPSA) is 71.4 Å². The Balaban J connectivity index is 1.78. The highest BCUT2D eigenvalue weighted by Crippen LogP contribution is 2.56. The molecule has 1 fully saturated rings. The maximum absolute atomic E-state index is 11.3. The van der Waals surface area contributed by atoms with Crippen LogP contribution < -0.4 is 9.47 Å². The van der Waals surface area contributed by atoms with E-state index in [4.69, 9.17) is 14.2 Å². The van der Waals surface area contributed by atoms with Crippen molar-refractivity contribution < 1.29 is 24.4 Å². The summed E-state index contributed by atoms with van der Waals surface area (Å²) >= 11 is 0. The molecule has 0 bridgehead atoms. The van der Waals surface area contributed by atoms with E-state index in [1.165, 1.54) is 0 Å². The van der Waals surface area contributed by atoms with Crippen LogP contribution in [0.5, 0.6) is 11.5 Å². The average molecular weight is 317 g/mol. The van der Waals surface area contributed by atoms with Gasteiger partial charge >= 0.3 is 0 Å². The summed E-state index contributed by atoms with van der Waals surface area (Å²) in [5.74, 6) is 0.121. The van der Waals surface area contributed by atoms with Crippen LogP contribution in [0.2, 0.25) is 0 Å². The van der Waals surface area contributed by atoms with E-state index in [9.17, 15) is 10.2 Å². The Morgan fingerprint density at radius 3 is 2.87 bits per heavy atom. The number of rotatable bonds is 0. The number of aliphatic hydroxyl groups is 2. The van der Waals surface area contributed by atoms with Gasteiger partial charge in [0.1, 0.15) is 0 Å². The van der Waals surface area contributed by atoms with E-state index in [1.807, 2.05) is 25.3 Å². The largest absolute Gasteiger partial charge is 0.454 e. The second-order valence-electron chi connectivity index (χ2n) is 6.90. The van der Waals surface area contributed by atoms with Crippen molar-refractivity contribution in [1.29, 1.82) is 0 Å². The van der Waals surface area contributed by atoms with Crippen molar-refractivity contribution in [3.8, 4) is 11.5 Å². The zero-order valence-corrected chi connectivity index (χ0v) is 12.9. The molecule has 6 heteroatoms. The van der Waals surface area contributed by atoms with Crippen molar-refractivity contribution in [1.82, 2.24) is 4.90 Å². The van der Waals surface area contributed by atoms with Crippen molar-refractivity contribution in [2.75, 3.05) is 20.4 Å². The number of hydrogen-bond donors (Lipinski definition) is 2. The number of nitrogens with zero attached hydrogens (tertiary/aromatic N) is 1. The third-order valence-electron chi connectivity index (χ3n) is 5.72. The molecule has 5 rings (SSSR count). The van der Waals surface area contributed by atoms with Gasteiger partial charge in [-0.15, -0.1) is 0 Å². The molecule has 2 N–H and O–H groups in total. The lowest BCUT2D eigenvalue weighted by Crippen LogP contribution is -2.59. The van der Waals surface area contributed by atoms with Gasteiger partial charge in [0.25, 0.3) is 0 Å². The molecule has 122 valence electrons. The molecule has 1 spiro atoms. The van der Waals surface area contributed by atoms with Crippen LogP contribution in [0.1, 0.15) is 17.5 Å². The molecule has 1 aromatic carbocycles. The van der Waals surface area contributed by atoms with Crippen LogP contribution in [0.4, 0.5) is 0 Å². The average Bonchev–Trinajstić information content (AvgIpc) is 3.06. The third-order valence-corrected chi connectivity index (χ3v) is 5.72. The SMILES string of the molecule is CN1C[C@@]2(O)OCc3cc4c(cc3[C@@]23C=C[C@@H](O)C[C@H]13)OCO4. The highest BCUT2D eigenvalue weighted by Gasteiger charge is 2.66. The molecular weight excluding hydrogens is 298 g/mol. The van der Waals surface area contributed by atoms with E-state index < -0.39 is 17.3 Å². The summed E-state index contributed by atoms with van der Waals surface area (Å²) in [5, 5.41) is 21.3. The summed E-state index contributed by atoms with van der Waals surface area (Å²) in [7, 11) is 1.96. The number of fused-ring (bicyclic) bond motifs is 2. The predicted octanol–water partition coefficient (Wildman–Crippen LogP) is 0.507. The van der Waals surface area contributed by atoms with Crippen LogP contribution in [0.15, 0.2) is 24.3 Å². The number of benzene rings is 1. The van der Waals surface area contributed by atoms with E-state index in [0.717, 1.165) is 16.9 Å². The highest BCUT2D eigenvalue weighted by molar-refractivity contribution is 5.56.